The zero-order chi connectivity index (χ0) is 15.9. The van der Waals surface area contributed by atoms with Crippen molar-refractivity contribution in [3.05, 3.63) is 48.1 Å². The second-order valence-electron chi connectivity index (χ2n) is 5.62. The Kier molecular flexibility index (Phi) is 5.72. The zero-order valence-corrected chi connectivity index (χ0v) is 13.7. The number of benzene rings is 1. The van der Waals surface area contributed by atoms with E-state index < -0.39 is 0 Å². The van der Waals surface area contributed by atoms with Gasteiger partial charge in [0.15, 0.2) is 0 Å². The first-order valence-corrected chi connectivity index (χ1v) is 7.47. The molecular weight excluding hydrogens is 276 g/mol. The van der Waals surface area contributed by atoms with Crippen molar-refractivity contribution in [2.75, 3.05) is 20.7 Å². The van der Waals surface area contributed by atoms with Crippen LogP contribution >= 0.6 is 0 Å². The van der Waals surface area contributed by atoms with Gasteiger partial charge in [-0.2, -0.15) is 0 Å². The summed E-state index contributed by atoms with van der Waals surface area (Å²) in [4.78, 5) is 2.21. The Hall–Kier alpha value is -2.14. The van der Waals surface area contributed by atoms with Crippen LogP contribution in [0.25, 0.3) is 6.08 Å². The predicted octanol–water partition coefficient (Wildman–Crippen LogP) is 3.01. The Labute approximate surface area is 132 Å². The van der Waals surface area contributed by atoms with Crippen molar-refractivity contribution in [1.29, 1.82) is 0 Å². The third kappa shape index (κ3) is 4.43. The first-order valence-electron chi connectivity index (χ1n) is 7.47. The minimum atomic E-state index is 0.383. The monoisotopic (exact) mass is 300 g/mol. The van der Waals surface area contributed by atoms with Crippen LogP contribution in [-0.2, 0) is 6.54 Å². The zero-order valence-electron chi connectivity index (χ0n) is 13.7. The molecule has 0 amide bonds. The quantitative estimate of drug-likeness (QED) is 0.788. The topological polar surface area (TPSA) is 43.2 Å². The lowest BCUT2D eigenvalue weighted by atomic mass is 10.2. The lowest BCUT2D eigenvalue weighted by Crippen LogP contribution is -2.21. The highest BCUT2D eigenvalue weighted by Crippen LogP contribution is 2.12. The summed E-state index contributed by atoms with van der Waals surface area (Å²) in [5, 5.41) is 8.19. The normalized spacial score (nSPS) is 11.7. The fourth-order valence-corrected chi connectivity index (χ4v) is 2.20. The van der Waals surface area contributed by atoms with Gasteiger partial charge in [-0.25, -0.2) is 0 Å². The van der Waals surface area contributed by atoms with E-state index in [-0.39, 0.29) is 0 Å². The van der Waals surface area contributed by atoms with Crippen LogP contribution in [0.5, 0.6) is 5.75 Å². The van der Waals surface area contributed by atoms with E-state index in [9.17, 15) is 0 Å². The Morgan fingerprint density at radius 1 is 1.27 bits per heavy atom. The van der Waals surface area contributed by atoms with Gasteiger partial charge in [-0.15, -0.1) is 10.2 Å². The molecule has 0 aliphatic heterocycles. The third-order valence-electron chi connectivity index (χ3n) is 3.46. The fraction of sp³-hybridized carbons (Fsp3) is 0.412. The second kappa shape index (κ2) is 7.75. The Bertz CT molecular complexity index is 601. The molecule has 0 aliphatic rings. The van der Waals surface area contributed by atoms with Gasteiger partial charge in [-0.05, 0) is 38.6 Å². The second-order valence-corrected chi connectivity index (χ2v) is 5.62. The molecule has 0 saturated heterocycles. The summed E-state index contributed by atoms with van der Waals surface area (Å²) in [6.45, 7) is 5.91. The molecule has 0 radical (unpaired) electrons. The molecule has 0 spiro atoms. The van der Waals surface area contributed by atoms with E-state index >= 15 is 0 Å². The molecule has 1 heterocycles. The first-order chi connectivity index (χ1) is 10.6. The molecule has 5 heteroatoms. The highest BCUT2D eigenvalue weighted by Gasteiger charge is 2.08. The van der Waals surface area contributed by atoms with Crippen LogP contribution < -0.4 is 4.74 Å². The Morgan fingerprint density at radius 2 is 2.00 bits per heavy atom. The minimum Gasteiger partial charge on any atom is -0.497 e. The molecule has 22 heavy (non-hydrogen) atoms. The molecule has 0 saturated carbocycles. The van der Waals surface area contributed by atoms with Crippen molar-refractivity contribution in [2.24, 2.45) is 0 Å². The number of likely N-dealkylation sites (N-methyl/N-ethyl adjacent to an activating group) is 1. The van der Waals surface area contributed by atoms with Gasteiger partial charge >= 0.3 is 0 Å². The fourth-order valence-electron chi connectivity index (χ4n) is 2.20. The average Bonchev–Trinajstić information content (AvgIpc) is 2.96. The number of ether oxygens (including phenoxy) is 1. The number of hydrogen-bond acceptors (Lipinski definition) is 4. The van der Waals surface area contributed by atoms with Gasteiger partial charge in [0.25, 0.3) is 0 Å². The molecule has 1 aromatic heterocycles. The highest BCUT2D eigenvalue weighted by atomic mass is 16.5. The van der Waals surface area contributed by atoms with E-state index in [4.69, 9.17) is 4.74 Å². The summed E-state index contributed by atoms with van der Waals surface area (Å²) in [6, 6.07) is 8.41. The van der Waals surface area contributed by atoms with Crippen molar-refractivity contribution >= 4 is 6.08 Å². The van der Waals surface area contributed by atoms with E-state index in [1.165, 1.54) is 5.56 Å². The van der Waals surface area contributed by atoms with Gasteiger partial charge < -0.3 is 9.30 Å². The van der Waals surface area contributed by atoms with Crippen LogP contribution in [0.1, 0.15) is 31.3 Å². The Morgan fingerprint density at radius 3 is 2.64 bits per heavy atom. The summed E-state index contributed by atoms with van der Waals surface area (Å²) in [6.07, 6.45) is 6.06. The summed E-state index contributed by atoms with van der Waals surface area (Å²) >= 11 is 0. The van der Waals surface area contributed by atoms with Gasteiger partial charge in [-0.3, -0.25) is 4.90 Å². The molecule has 0 atom stereocenters. The van der Waals surface area contributed by atoms with Gasteiger partial charge in [0, 0.05) is 12.6 Å². The molecule has 0 fully saturated rings. The van der Waals surface area contributed by atoms with Crippen molar-refractivity contribution in [2.45, 2.75) is 26.4 Å². The molecule has 118 valence electrons. The van der Waals surface area contributed by atoms with E-state index in [1.807, 2.05) is 24.3 Å². The summed E-state index contributed by atoms with van der Waals surface area (Å²) in [5.41, 5.74) is 1.17. The number of rotatable bonds is 7. The van der Waals surface area contributed by atoms with Gasteiger partial charge in [0.05, 0.1) is 13.7 Å². The maximum absolute atomic E-state index is 5.15. The van der Waals surface area contributed by atoms with Crippen LogP contribution in [0, 0.1) is 0 Å². The Balaban J connectivity index is 1.87. The van der Waals surface area contributed by atoms with E-state index in [0.29, 0.717) is 6.04 Å². The number of aromatic nitrogens is 3. The van der Waals surface area contributed by atoms with Crippen LogP contribution in [0.4, 0.5) is 0 Å². The number of hydrogen-bond donors (Lipinski definition) is 0. The lowest BCUT2D eigenvalue weighted by molar-refractivity contribution is 0.342. The molecular formula is C17H24N4O. The molecule has 5 nitrogen and oxygen atoms in total. The van der Waals surface area contributed by atoms with Crippen molar-refractivity contribution < 1.29 is 4.74 Å². The largest absolute Gasteiger partial charge is 0.497 e. The van der Waals surface area contributed by atoms with Crippen LogP contribution in [0.3, 0.4) is 0 Å². The van der Waals surface area contributed by atoms with E-state index in [1.54, 1.807) is 13.4 Å². The van der Waals surface area contributed by atoms with Crippen molar-refractivity contribution in [1.82, 2.24) is 19.7 Å². The molecule has 2 aromatic rings. The maximum Gasteiger partial charge on any atom is 0.147 e. The smallest absolute Gasteiger partial charge is 0.147 e. The van der Waals surface area contributed by atoms with Crippen LogP contribution in [-0.4, -0.2) is 40.4 Å². The maximum atomic E-state index is 5.15. The molecule has 2 rings (SSSR count). The minimum absolute atomic E-state index is 0.383. The highest BCUT2D eigenvalue weighted by molar-refractivity contribution is 5.50. The lowest BCUT2D eigenvalue weighted by Gasteiger charge is -2.16. The van der Waals surface area contributed by atoms with Gasteiger partial charge in [0.2, 0.25) is 0 Å². The SMILES string of the molecule is COc1ccc(C=CCN(C)Cc2nncn2C(C)C)cc1. The number of methoxy groups -OCH3 is 1. The molecule has 0 N–H and O–H groups in total. The third-order valence-corrected chi connectivity index (χ3v) is 3.46. The van der Waals surface area contributed by atoms with E-state index in [0.717, 1.165) is 24.7 Å². The number of nitrogens with zero attached hydrogens (tertiary/aromatic N) is 4. The van der Waals surface area contributed by atoms with Gasteiger partial charge in [-0.1, -0.05) is 24.3 Å². The van der Waals surface area contributed by atoms with Crippen LogP contribution in [0.15, 0.2) is 36.7 Å². The van der Waals surface area contributed by atoms with Crippen LogP contribution in [0.2, 0.25) is 0 Å². The predicted molar refractivity (Wildman–Crippen MR) is 88.8 cm³/mol. The first kappa shape index (κ1) is 16.2. The summed E-state index contributed by atoms with van der Waals surface area (Å²) < 4.78 is 7.25. The molecule has 0 aliphatic carbocycles. The molecule has 0 unspecified atom stereocenters. The summed E-state index contributed by atoms with van der Waals surface area (Å²) in [5.74, 6) is 1.87. The van der Waals surface area contributed by atoms with E-state index in [2.05, 4.69) is 52.7 Å². The average molecular weight is 300 g/mol. The van der Waals surface area contributed by atoms with Crippen molar-refractivity contribution in [3.8, 4) is 5.75 Å². The molecule has 1 aromatic carbocycles. The molecule has 0 bridgehead atoms. The van der Waals surface area contributed by atoms with Crippen molar-refractivity contribution in [3.63, 3.8) is 0 Å². The standard InChI is InChI=1S/C17H24N4O/c1-14(2)21-13-18-19-17(21)12-20(3)11-5-6-15-7-9-16(22-4)10-8-15/h5-10,13-14H,11-12H2,1-4H3. The summed E-state index contributed by atoms with van der Waals surface area (Å²) in [7, 11) is 3.76. The van der Waals surface area contributed by atoms with Gasteiger partial charge in [0.1, 0.15) is 17.9 Å².